The van der Waals surface area contributed by atoms with Crippen LogP contribution in [0.3, 0.4) is 0 Å². The maximum absolute atomic E-state index is 13.0. The van der Waals surface area contributed by atoms with E-state index in [0.29, 0.717) is 37.5 Å². The Bertz CT molecular complexity index is 1440. The highest BCUT2D eigenvalue weighted by molar-refractivity contribution is 5.83. The van der Waals surface area contributed by atoms with Gasteiger partial charge in [-0.1, -0.05) is 12.1 Å². The van der Waals surface area contributed by atoms with Gasteiger partial charge in [-0.2, -0.15) is 0 Å². The number of hydrogen-bond donors (Lipinski definition) is 1. The molecule has 0 unspecified atom stereocenters. The van der Waals surface area contributed by atoms with Crippen molar-refractivity contribution >= 4 is 17.1 Å². The lowest BCUT2D eigenvalue weighted by atomic mass is 10.1. The third-order valence-corrected chi connectivity index (χ3v) is 6.23. The van der Waals surface area contributed by atoms with Crippen LogP contribution >= 0.6 is 0 Å². The number of pyridine rings is 2. The Hall–Kier alpha value is -4.14. The van der Waals surface area contributed by atoms with E-state index in [2.05, 4.69) is 0 Å². The van der Waals surface area contributed by atoms with E-state index in [0.717, 1.165) is 27.9 Å². The molecule has 0 aliphatic carbocycles. The van der Waals surface area contributed by atoms with Crippen LogP contribution in [-0.2, 0) is 26.5 Å². The third kappa shape index (κ3) is 4.00. The fraction of sp³-hybridized carbons (Fsp3) is 0.240. The molecule has 5 rings (SSSR count). The number of amides is 1. The second-order valence-corrected chi connectivity index (χ2v) is 8.28. The van der Waals surface area contributed by atoms with Crippen molar-refractivity contribution in [1.29, 1.82) is 0 Å². The molecule has 174 valence electrons. The average Bonchev–Trinajstić information content (AvgIpc) is 2.97. The Morgan fingerprint density at radius 1 is 1.12 bits per heavy atom. The van der Waals surface area contributed by atoms with E-state index in [1.165, 1.54) is 27.7 Å². The van der Waals surface area contributed by atoms with Crippen LogP contribution in [0.4, 0.5) is 9.18 Å². The molecular formula is C25H23FN4O4. The maximum Gasteiger partial charge on any atom is 0.407 e. The molecule has 8 nitrogen and oxygen atoms in total. The van der Waals surface area contributed by atoms with Crippen LogP contribution in [0, 0.1) is 5.82 Å². The Morgan fingerprint density at radius 2 is 1.88 bits per heavy atom. The minimum Gasteiger partial charge on any atom is -0.489 e. The molecule has 3 aromatic heterocycles. The highest BCUT2D eigenvalue weighted by Gasteiger charge is 2.23. The molecule has 4 aromatic rings. The molecule has 0 fully saturated rings. The number of nitrogens with zero attached hydrogens (tertiary/aromatic N) is 4. The fourth-order valence-electron chi connectivity index (χ4n) is 4.42. The topological polar surface area (TPSA) is 89.6 Å². The van der Waals surface area contributed by atoms with Gasteiger partial charge in [-0.25, -0.2) is 14.2 Å². The van der Waals surface area contributed by atoms with Gasteiger partial charge in [-0.15, -0.1) is 0 Å². The normalized spacial score (nSPS) is 13.5. The largest absolute Gasteiger partial charge is 0.489 e. The monoisotopic (exact) mass is 462 g/mol. The van der Waals surface area contributed by atoms with Crippen molar-refractivity contribution in [2.24, 2.45) is 7.05 Å². The fourth-order valence-corrected chi connectivity index (χ4v) is 4.42. The van der Waals surface area contributed by atoms with Crippen molar-refractivity contribution in [2.75, 3.05) is 13.1 Å². The second kappa shape index (κ2) is 8.66. The first-order valence-electron chi connectivity index (χ1n) is 11.0. The zero-order chi connectivity index (χ0) is 23.8. The van der Waals surface area contributed by atoms with E-state index in [4.69, 9.17) is 9.72 Å². The van der Waals surface area contributed by atoms with Crippen LogP contribution in [-0.4, -0.2) is 43.3 Å². The van der Waals surface area contributed by atoms with E-state index in [-0.39, 0.29) is 18.0 Å². The number of fused-ring (bicyclic) bond motifs is 3. The average molecular weight is 462 g/mol. The van der Waals surface area contributed by atoms with Gasteiger partial charge in [0, 0.05) is 49.9 Å². The molecule has 0 saturated carbocycles. The summed E-state index contributed by atoms with van der Waals surface area (Å²) >= 11 is 0. The van der Waals surface area contributed by atoms with Crippen LogP contribution in [0.1, 0.15) is 16.8 Å². The number of ether oxygens (including phenoxy) is 1. The van der Waals surface area contributed by atoms with E-state index >= 15 is 0 Å². The third-order valence-electron chi connectivity index (χ3n) is 6.23. The first-order chi connectivity index (χ1) is 16.4. The van der Waals surface area contributed by atoms with Crippen molar-refractivity contribution < 1.29 is 19.0 Å². The van der Waals surface area contributed by atoms with Gasteiger partial charge in [0.05, 0.1) is 0 Å². The van der Waals surface area contributed by atoms with Crippen LogP contribution in [0.2, 0.25) is 0 Å². The molecule has 0 spiro atoms. The van der Waals surface area contributed by atoms with Gasteiger partial charge in [0.2, 0.25) is 0 Å². The molecule has 0 radical (unpaired) electrons. The number of carbonyl (C=O) groups is 1. The summed E-state index contributed by atoms with van der Waals surface area (Å²) < 4.78 is 22.2. The molecular weight excluding hydrogens is 439 g/mol. The van der Waals surface area contributed by atoms with Crippen molar-refractivity contribution in [2.45, 2.75) is 19.4 Å². The summed E-state index contributed by atoms with van der Waals surface area (Å²) in [6, 6.07) is 12.8. The van der Waals surface area contributed by atoms with Crippen LogP contribution in [0.25, 0.3) is 16.9 Å². The first kappa shape index (κ1) is 21.7. The van der Waals surface area contributed by atoms with Crippen molar-refractivity contribution in [3.63, 3.8) is 0 Å². The number of carboxylic acid groups (broad SMARTS) is 1. The summed E-state index contributed by atoms with van der Waals surface area (Å²) in [5.41, 5.74) is 3.45. The van der Waals surface area contributed by atoms with E-state index in [1.54, 1.807) is 30.5 Å². The standard InChI is InChI=1S/C25H23FN4O4/c1-28-21-10-12-29(25(32)33)11-9-19(21)20-6-7-22(27-24(20)28)30-13-8-18(14-23(30)31)34-15-16-2-4-17(26)5-3-16/h2-8,13-14H,9-12,15H2,1H3,(H,32,33). The molecule has 1 aromatic carbocycles. The first-order valence-corrected chi connectivity index (χ1v) is 11.0. The summed E-state index contributed by atoms with van der Waals surface area (Å²) in [6.07, 6.45) is 1.96. The van der Waals surface area contributed by atoms with Crippen molar-refractivity contribution in [3.05, 3.63) is 87.7 Å². The van der Waals surface area contributed by atoms with Crippen molar-refractivity contribution in [1.82, 2.24) is 19.0 Å². The minimum absolute atomic E-state index is 0.224. The van der Waals surface area contributed by atoms with E-state index < -0.39 is 6.09 Å². The van der Waals surface area contributed by atoms with Crippen molar-refractivity contribution in [3.8, 4) is 11.6 Å². The lowest BCUT2D eigenvalue weighted by Gasteiger charge is -2.15. The molecule has 1 amide bonds. The number of hydrogen-bond acceptors (Lipinski definition) is 4. The predicted octanol–water partition coefficient (Wildman–Crippen LogP) is 3.52. The zero-order valence-corrected chi connectivity index (χ0v) is 18.6. The van der Waals surface area contributed by atoms with Gasteiger partial charge in [-0.05, 0) is 47.9 Å². The number of rotatable bonds is 4. The highest BCUT2D eigenvalue weighted by Crippen LogP contribution is 2.28. The summed E-state index contributed by atoms with van der Waals surface area (Å²) in [4.78, 5) is 30.3. The minimum atomic E-state index is -0.901. The zero-order valence-electron chi connectivity index (χ0n) is 18.6. The van der Waals surface area contributed by atoms with Crippen LogP contribution < -0.4 is 10.3 Å². The smallest absolute Gasteiger partial charge is 0.407 e. The Kier molecular flexibility index (Phi) is 5.53. The lowest BCUT2D eigenvalue weighted by molar-refractivity contribution is 0.147. The molecule has 0 bridgehead atoms. The molecule has 4 heterocycles. The SMILES string of the molecule is Cn1c2c(c3ccc(-n4ccc(OCc5ccc(F)cc5)cc4=O)nc31)CCN(C(=O)O)CC2. The Balaban J connectivity index is 1.40. The van der Waals surface area contributed by atoms with Crippen LogP contribution in [0.5, 0.6) is 5.75 Å². The van der Waals surface area contributed by atoms with Crippen LogP contribution in [0.15, 0.2) is 59.5 Å². The number of aromatic nitrogens is 3. The lowest BCUT2D eigenvalue weighted by Crippen LogP contribution is -2.31. The molecule has 1 N–H and O–H groups in total. The Labute approximate surface area is 194 Å². The Morgan fingerprint density at radius 3 is 2.62 bits per heavy atom. The summed E-state index contributed by atoms with van der Waals surface area (Å²) in [7, 11) is 1.92. The molecule has 1 aliphatic heterocycles. The highest BCUT2D eigenvalue weighted by atomic mass is 19.1. The van der Waals surface area contributed by atoms with E-state index in [9.17, 15) is 19.1 Å². The summed E-state index contributed by atoms with van der Waals surface area (Å²) in [6.45, 7) is 1.11. The van der Waals surface area contributed by atoms with Gasteiger partial charge in [0.1, 0.15) is 29.6 Å². The van der Waals surface area contributed by atoms with Gasteiger partial charge < -0.3 is 19.3 Å². The van der Waals surface area contributed by atoms with Gasteiger partial charge in [0.25, 0.3) is 5.56 Å². The number of aryl methyl sites for hydroxylation is 1. The predicted molar refractivity (Wildman–Crippen MR) is 124 cm³/mol. The summed E-state index contributed by atoms with van der Waals surface area (Å²) in [5.74, 6) is 0.596. The van der Waals surface area contributed by atoms with E-state index in [1.807, 2.05) is 17.7 Å². The number of halogens is 1. The summed E-state index contributed by atoms with van der Waals surface area (Å²) in [5, 5.41) is 10.3. The molecule has 9 heteroatoms. The molecule has 0 saturated heterocycles. The molecule has 0 atom stereocenters. The second-order valence-electron chi connectivity index (χ2n) is 8.28. The van der Waals surface area contributed by atoms with Gasteiger partial charge in [-0.3, -0.25) is 9.36 Å². The number of benzene rings is 1. The van der Waals surface area contributed by atoms with Gasteiger partial charge >= 0.3 is 6.09 Å². The molecule has 1 aliphatic rings. The maximum atomic E-state index is 13.0. The quantitative estimate of drug-likeness (QED) is 0.501. The molecule has 34 heavy (non-hydrogen) atoms. The van der Waals surface area contributed by atoms with Gasteiger partial charge in [0.15, 0.2) is 0 Å².